The number of carbonyl (C=O) groups is 3. The summed E-state index contributed by atoms with van der Waals surface area (Å²) in [7, 11) is 0. The van der Waals surface area contributed by atoms with Crippen LogP contribution in [0.4, 0.5) is 4.79 Å². The Morgan fingerprint density at radius 3 is 2.21 bits per heavy atom. The monoisotopic (exact) mass is 452 g/mol. The molecule has 2 amide bonds. The lowest BCUT2D eigenvalue weighted by atomic mass is 9.79. The highest BCUT2D eigenvalue weighted by atomic mass is 16.5. The minimum atomic E-state index is -1.12. The Balaban J connectivity index is 1.39. The molecule has 0 radical (unpaired) electrons. The number of amides is 2. The molecule has 4 rings (SSSR count). The molecule has 8 nitrogen and oxygen atoms in total. The van der Waals surface area contributed by atoms with Crippen LogP contribution in [0.3, 0.4) is 0 Å². The van der Waals surface area contributed by atoms with Gasteiger partial charge in [-0.15, -0.1) is 0 Å². The maximum Gasteiger partial charge on any atom is 0.407 e. The van der Waals surface area contributed by atoms with E-state index in [0.29, 0.717) is 26.1 Å². The predicted molar refractivity (Wildman–Crippen MR) is 121 cm³/mol. The number of carboxylic acid groups (broad SMARTS) is 1. The third kappa shape index (κ3) is 4.71. The molecule has 0 aromatic heterocycles. The highest BCUT2D eigenvalue weighted by Crippen LogP contribution is 2.44. The maximum atomic E-state index is 12.9. The van der Waals surface area contributed by atoms with Crippen molar-refractivity contribution >= 4 is 18.0 Å². The van der Waals surface area contributed by atoms with Gasteiger partial charge in [0, 0.05) is 25.7 Å². The normalized spacial score (nSPS) is 17.4. The molecule has 3 N–H and O–H groups in total. The Morgan fingerprint density at radius 2 is 1.64 bits per heavy atom. The van der Waals surface area contributed by atoms with Gasteiger partial charge in [-0.3, -0.25) is 9.59 Å². The van der Waals surface area contributed by atoms with Crippen molar-refractivity contribution in [2.24, 2.45) is 5.41 Å². The number of carboxylic acids is 1. The van der Waals surface area contributed by atoms with Crippen LogP contribution in [0.5, 0.6) is 0 Å². The molecule has 1 aliphatic carbocycles. The van der Waals surface area contributed by atoms with Crippen molar-refractivity contribution in [1.29, 1.82) is 0 Å². The molecule has 0 unspecified atom stereocenters. The van der Waals surface area contributed by atoms with Crippen molar-refractivity contribution < 1.29 is 29.0 Å². The predicted octanol–water partition coefficient (Wildman–Crippen LogP) is 2.91. The van der Waals surface area contributed by atoms with E-state index in [0.717, 1.165) is 22.3 Å². The Bertz CT molecular complexity index is 1000. The van der Waals surface area contributed by atoms with Gasteiger partial charge in [0.2, 0.25) is 5.91 Å². The lowest BCUT2D eigenvalue weighted by Crippen LogP contribution is -2.54. The summed E-state index contributed by atoms with van der Waals surface area (Å²) < 4.78 is 10.9. The van der Waals surface area contributed by atoms with Gasteiger partial charge < -0.3 is 25.2 Å². The van der Waals surface area contributed by atoms with Crippen molar-refractivity contribution in [3.8, 4) is 11.1 Å². The highest BCUT2D eigenvalue weighted by Gasteiger charge is 2.41. The van der Waals surface area contributed by atoms with Gasteiger partial charge in [0.15, 0.2) is 0 Å². The van der Waals surface area contributed by atoms with Crippen molar-refractivity contribution in [3.05, 3.63) is 59.7 Å². The zero-order chi connectivity index (χ0) is 23.4. The summed E-state index contributed by atoms with van der Waals surface area (Å²) in [6.07, 6.45) is 0.158. The molecule has 0 saturated carbocycles. The zero-order valence-corrected chi connectivity index (χ0v) is 18.5. The summed E-state index contributed by atoms with van der Waals surface area (Å²) in [6, 6.07) is 15.2. The van der Waals surface area contributed by atoms with Crippen LogP contribution in [-0.2, 0) is 19.1 Å². The second kappa shape index (κ2) is 9.62. The molecule has 2 aromatic rings. The number of rotatable bonds is 7. The number of aliphatic carboxylic acids is 1. The van der Waals surface area contributed by atoms with Gasteiger partial charge in [0.1, 0.15) is 12.6 Å². The number of carbonyl (C=O) groups excluding carboxylic acids is 2. The third-order valence-electron chi connectivity index (χ3n) is 6.56. The molecular weight excluding hydrogens is 424 g/mol. The van der Waals surface area contributed by atoms with E-state index in [2.05, 4.69) is 22.8 Å². The number of benzene rings is 2. The molecule has 1 aliphatic heterocycles. The Labute approximate surface area is 192 Å². The van der Waals surface area contributed by atoms with Crippen LogP contribution in [0.25, 0.3) is 11.1 Å². The summed E-state index contributed by atoms with van der Waals surface area (Å²) in [5, 5.41) is 14.4. The lowest BCUT2D eigenvalue weighted by molar-refractivity contribution is -0.145. The van der Waals surface area contributed by atoms with E-state index < -0.39 is 29.4 Å². The quantitative estimate of drug-likeness (QED) is 0.595. The Morgan fingerprint density at radius 1 is 1.06 bits per heavy atom. The molecule has 0 spiro atoms. The molecule has 1 atom stereocenters. The van der Waals surface area contributed by atoms with Crippen molar-refractivity contribution in [3.63, 3.8) is 0 Å². The van der Waals surface area contributed by atoms with Crippen LogP contribution in [-0.4, -0.2) is 55.5 Å². The first-order valence-electron chi connectivity index (χ1n) is 11.1. The molecule has 2 aromatic carbocycles. The number of fused-ring (bicyclic) bond motifs is 3. The average Bonchev–Trinajstić information content (AvgIpc) is 3.15. The first kappa shape index (κ1) is 22.8. The second-order valence-corrected chi connectivity index (χ2v) is 8.61. The molecule has 1 fully saturated rings. The summed E-state index contributed by atoms with van der Waals surface area (Å²) in [6.45, 7) is 2.36. The van der Waals surface area contributed by atoms with Crippen LogP contribution in [0.15, 0.2) is 48.5 Å². The molecule has 1 heterocycles. The third-order valence-corrected chi connectivity index (χ3v) is 6.56. The fraction of sp³-hybridized carbons (Fsp3) is 0.400. The number of nitrogens with one attached hydrogen (secondary N) is 2. The first-order valence-corrected chi connectivity index (χ1v) is 11.1. The first-order chi connectivity index (χ1) is 15.9. The van der Waals surface area contributed by atoms with Crippen molar-refractivity contribution in [2.75, 3.05) is 26.4 Å². The van der Waals surface area contributed by atoms with Gasteiger partial charge in [-0.1, -0.05) is 48.5 Å². The van der Waals surface area contributed by atoms with E-state index in [1.165, 1.54) is 6.92 Å². The van der Waals surface area contributed by atoms with Crippen LogP contribution in [0.1, 0.15) is 36.8 Å². The number of ether oxygens (including phenoxy) is 2. The second-order valence-electron chi connectivity index (χ2n) is 8.61. The standard InChI is InChI=1S/C25H28N2O6/c1-16(22(28)29)27-23(30)25(10-12-32-13-11-25)15-26-24(31)33-14-21-19-8-4-2-6-17(19)18-7-3-5-9-20(18)21/h2-9,16,21H,10-15H2,1H3,(H,26,31)(H,27,30)(H,28,29)/t16-/m1/s1. The van der Waals surface area contributed by atoms with Crippen molar-refractivity contribution in [2.45, 2.75) is 31.7 Å². The maximum absolute atomic E-state index is 12.9. The van der Waals surface area contributed by atoms with E-state index in [9.17, 15) is 14.4 Å². The molecular formula is C25H28N2O6. The topological polar surface area (TPSA) is 114 Å². The Kier molecular flexibility index (Phi) is 6.65. The van der Waals surface area contributed by atoms with Gasteiger partial charge >= 0.3 is 12.1 Å². The summed E-state index contributed by atoms with van der Waals surface area (Å²) in [5.41, 5.74) is 3.59. The van der Waals surface area contributed by atoms with Gasteiger partial charge in [-0.25, -0.2) is 4.79 Å². The fourth-order valence-electron chi connectivity index (χ4n) is 4.55. The number of hydrogen-bond donors (Lipinski definition) is 3. The van der Waals surface area contributed by atoms with E-state index in [-0.39, 0.29) is 19.1 Å². The van der Waals surface area contributed by atoms with Gasteiger partial charge in [0.05, 0.1) is 5.41 Å². The lowest BCUT2D eigenvalue weighted by Gasteiger charge is -2.36. The van der Waals surface area contributed by atoms with E-state index in [1.54, 1.807) is 0 Å². The SMILES string of the molecule is C[C@@H](NC(=O)C1(CNC(=O)OCC2c3ccccc3-c3ccccc32)CCOCC1)C(=O)O. The molecule has 8 heteroatoms. The van der Waals surface area contributed by atoms with Crippen LogP contribution < -0.4 is 10.6 Å². The van der Waals surface area contributed by atoms with Crippen LogP contribution >= 0.6 is 0 Å². The summed E-state index contributed by atoms with van der Waals surface area (Å²) >= 11 is 0. The summed E-state index contributed by atoms with van der Waals surface area (Å²) in [4.78, 5) is 36.6. The number of alkyl carbamates (subject to hydrolysis) is 1. The fourth-order valence-corrected chi connectivity index (χ4v) is 4.55. The minimum absolute atomic E-state index is 0.0468. The molecule has 174 valence electrons. The van der Waals surface area contributed by atoms with Crippen LogP contribution in [0.2, 0.25) is 0 Å². The average molecular weight is 453 g/mol. The van der Waals surface area contributed by atoms with Gasteiger partial charge in [0.25, 0.3) is 0 Å². The van der Waals surface area contributed by atoms with E-state index in [1.807, 2.05) is 36.4 Å². The van der Waals surface area contributed by atoms with E-state index >= 15 is 0 Å². The van der Waals surface area contributed by atoms with Gasteiger partial charge in [-0.2, -0.15) is 0 Å². The van der Waals surface area contributed by atoms with Crippen molar-refractivity contribution in [1.82, 2.24) is 10.6 Å². The zero-order valence-electron chi connectivity index (χ0n) is 18.5. The summed E-state index contributed by atoms with van der Waals surface area (Å²) in [5.74, 6) is -1.57. The Hall–Kier alpha value is -3.39. The number of hydrogen-bond acceptors (Lipinski definition) is 5. The van der Waals surface area contributed by atoms with E-state index in [4.69, 9.17) is 14.6 Å². The van der Waals surface area contributed by atoms with Crippen LogP contribution in [0, 0.1) is 5.41 Å². The molecule has 1 saturated heterocycles. The molecule has 2 aliphatic rings. The minimum Gasteiger partial charge on any atom is -0.480 e. The molecule has 0 bridgehead atoms. The largest absolute Gasteiger partial charge is 0.480 e. The highest BCUT2D eigenvalue weighted by molar-refractivity contribution is 5.88. The smallest absolute Gasteiger partial charge is 0.407 e. The molecule has 33 heavy (non-hydrogen) atoms. The van der Waals surface area contributed by atoms with Gasteiger partial charge in [-0.05, 0) is 42.0 Å².